The highest BCUT2D eigenvalue weighted by Crippen LogP contribution is 2.16. The molecule has 1 unspecified atom stereocenters. The molecule has 1 amide bonds. The highest BCUT2D eigenvalue weighted by molar-refractivity contribution is 5.94. The number of carbonyl (C=O) groups excluding carboxylic acids is 1. The lowest BCUT2D eigenvalue weighted by Gasteiger charge is -2.11. The molecule has 0 bridgehead atoms. The molecule has 5 nitrogen and oxygen atoms in total. The summed E-state index contributed by atoms with van der Waals surface area (Å²) in [6.45, 7) is 1.38. The monoisotopic (exact) mass is 297 g/mol. The second-order valence-corrected chi connectivity index (χ2v) is 5.26. The first-order valence-corrected chi connectivity index (χ1v) is 7.47. The summed E-state index contributed by atoms with van der Waals surface area (Å²) in [5, 5.41) is 6.08. The fourth-order valence-electron chi connectivity index (χ4n) is 2.37. The van der Waals surface area contributed by atoms with Crippen LogP contribution in [-0.4, -0.2) is 23.6 Å². The summed E-state index contributed by atoms with van der Waals surface area (Å²) in [5.74, 6) is 0.684. The number of carbonyl (C=O) groups is 1. The topological polar surface area (TPSA) is 63.2 Å². The molecule has 0 aliphatic carbocycles. The first-order valence-electron chi connectivity index (χ1n) is 7.47. The molecule has 3 rings (SSSR count). The average molecular weight is 297 g/mol. The lowest BCUT2D eigenvalue weighted by molar-refractivity contribution is -0.124. The zero-order valence-corrected chi connectivity index (χ0v) is 12.3. The zero-order valence-electron chi connectivity index (χ0n) is 12.3. The highest BCUT2D eigenvalue weighted by atomic mass is 16.5. The average Bonchev–Trinajstić information content (AvgIpc) is 3.10. The third-order valence-corrected chi connectivity index (χ3v) is 3.57. The van der Waals surface area contributed by atoms with Crippen LogP contribution in [0, 0.1) is 0 Å². The summed E-state index contributed by atoms with van der Waals surface area (Å²) >= 11 is 0. The molecule has 114 valence electrons. The van der Waals surface area contributed by atoms with Crippen molar-refractivity contribution in [3.05, 3.63) is 54.2 Å². The van der Waals surface area contributed by atoms with Crippen LogP contribution in [0.25, 0.3) is 0 Å². The molecule has 1 aromatic heterocycles. The Morgan fingerprint density at radius 1 is 1.23 bits per heavy atom. The van der Waals surface area contributed by atoms with E-state index in [-0.39, 0.29) is 12.0 Å². The van der Waals surface area contributed by atoms with Crippen molar-refractivity contribution in [1.29, 1.82) is 0 Å². The molecule has 1 aliphatic heterocycles. The molecule has 5 heteroatoms. The maximum Gasteiger partial charge on any atom is 0.253 e. The predicted molar refractivity (Wildman–Crippen MR) is 85.6 cm³/mol. The van der Waals surface area contributed by atoms with Gasteiger partial charge in [-0.25, -0.2) is 4.98 Å². The first kappa shape index (κ1) is 14.5. The minimum absolute atomic E-state index is 0.0932. The molecular formula is C17H19N3O2. The van der Waals surface area contributed by atoms with E-state index in [0.717, 1.165) is 25.2 Å². The van der Waals surface area contributed by atoms with Gasteiger partial charge in [-0.05, 0) is 30.5 Å². The number of benzene rings is 1. The number of aromatic nitrogens is 1. The van der Waals surface area contributed by atoms with E-state index in [1.807, 2.05) is 30.3 Å². The summed E-state index contributed by atoms with van der Waals surface area (Å²) < 4.78 is 5.35. The van der Waals surface area contributed by atoms with Gasteiger partial charge < -0.3 is 15.4 Å². The summed E-state index contributed by atoms with van der Waals surface area (Å²) in [6.07, 6.45) is 3.06. The fraction of sp³-hybridized carbons (Fsp3) is 0.294. The SMILES string of the molecule is O=C(Nc1ccc(NCc2ccccc2)nc1)C1CCCO1. The summed E-state index contributed by atoms with van der Waals surface area (Å²) in [5.41, 5.74) is 1.88. The third kappa shape index (κ3) is 3.83. The van der Waals surface area contributed by atoms with Gasteiger partial charge in [-0.15, -0.1) is 0 Å². The number of rotatable bonds is 5. The molecule has 2 N–H and O–H groups in total. The van der Waals surface area contributed by atoms with Gasteiger partial charge in [-0.1, -0.05) is 30.3 Å². The van der Waals surface area contributed by atoms with Crippen LogP contribution in [0.15, 0.2) is 48.7 Å². The molecule has 0 radical (unpaired) electrons. The second-order valence-electron chi connectivity index (χ2n) is 5.26. The van der Waals surface area contributed by atoms with Crippen molar-refractivity contribution in [3.63, 3.8) is 0 Å². The van der Waals surface area contributed by atoms with Crippen LogP contribution in [0.3, 0.4) is 0 Å². The van der Waals surface area contributed by atoms with Gasteiger partial charge in [0.2, 0.25) is 0 Å². The number of anilines is 2. The highest BCUT2D eigenvalue weighted by Gasteiger charge is 2.23. The molecular weight excluding hydrogens is 278 g/mol. The Hall–Kier alpha value is -2.40. The van der Waals surface area contributed by atoms with E-state index in [0.29, 0.717) is 12.3 Å². The normalized spacial score (nSPS) is 17.2. The zero-order chi connectivity index (χ0) is 15.2. The van der Waals surface area contributed by atoms with Gasteiger partial charge in [-0.3, -0.25) is 4.79 Å². The standard InChI is InChI=1S/C17H19N3O2/c21-17(15-7-4-10-22-15)20-14-8-9-16(19-12-14)18-11-13-5-2-1-3-6-13/h1-3,5-6,8-9,12,15H,4,7,10-11H2,(H,18,19)(H,20,21). The van der Waals surface area contributed by atoms with Crippen LogP contribution < -0.4 is 10.6 Å². The van der Waals surface area contributed by atoms with E-state index in [1.54, 1.807) is 6.20 Å². The van der Waals surface area contributed by atoms with E-state index in [2.05, 4.69) is 27.8 Å². The number of ether oxygens (including phenoxy) is 1. The maximum atomic E-state index is 11.9. The third-order valence-electron chi connectivity index (χ3n) is 3.57. The number of hydrogen-bond acceptors (Lipinski definition) is 4. The summed E-state index contributed by atoms with van der Waals surface area (Å²) in [7, 11) is 0. The van der Waals surface area contributed by atoms with Crippen molar-refractivity contribution in [1.82, 2.24) is 4.98 Å². The van der Waals surface area contributed by atoms with E-state index in [9.17, 15) is 4.79 Å². The van der Waals surface area contributed by atoms with Crippen molar-refractivity contribution >= 4 is 17.4 Å². The molecule has 0 spiro atoms. The molecule has 1 saturated heterocycles. The Bertz CT molecular complexity index is 608. The smallest absolute Gasteiger partial charge is 0.253 e. The number of nitrogens with zero attached hydrogens (tertiary/aromatic N) is 1. The van der Waals surface area contributed by atoms with Crippen molar-refractivity contribution < 1.29 is 9.53 Å². The molecule has 2 heterocycles. The number of hydrogen-bond donors (Lipinski definition) is 2. The van der Waals surface area contributed by atoms with Gasteiger partial charge in [0.15, 0.2) is 0 Å². The number of amides is 1. The molecule has 1 aliphatic rings. The van der Waals surface area contributed by atoms with Gasteiger partial charge in [0, 0.05) is 13.2 Å². The van der Waals surface area contributed by atoms with Gasteiger partial charge >= 0.3 is 0 Å². The molecule has 1 fully saturated rings. The van der Waals surface area contributed by atoms with E-state index < -0.39 is 0 Å². The van der Waals surface area contributed by atoms with Gasteiger partial charge in [-0.2, -0.15) is 0 Å². The lowest BCUT2D eigenvalue weighted by Crippen LogP contribution is -2.26. The first-order chi connectivity index (χ1) is 10.8. The largest absolute Gasteiger partial charge is 0.368 e. The molecule has 1 aromatic carbocycles. The Balaban J connectivity index is 1.52. The van der Waals surface area contributed by atoms with Crippen LogP contribution in [0.4, 0.5) is 11.5 Å². The minimum Gasteiger partial charge on any atom is -0.368 e. The molecule has 1 atom stereocenters. The predicted octanol–water partition coefficient (Wildman–Crippen LogP) is 2.81. The van der Waals surface area contributed by atoms with E-state index in [1.165, 1.54) is 5.56 Å². The Morgan fingerprint density at radius 2 is 2.09 bits per heavy atom. The number of nitrogens with one attached hydrogen (secondary N) is 2. The van der Waals surface area contributed by atoms with Crippen molar-refractivity contribution in [2.24, 2.45) is 0 Å². The van der Waals surface area contributed by atoms with Gasteiger partial charge in [0.1, 0.15) is 11.9 Å². The summed E-state index contributed by atoms with van der Waals surface area (Å²) in [6, 6.07) is 13.8. The molecule has 0 saturated carbocycles. The van der Waals surface area contributed by atoms with Gasteiger partial charge in [0.05, 0.1) is 11.9 Å². The van der Waals surface area contributed by atoms with Crippen LogP contribution in [-0.2, 0) is 16.1 Å². The fourth-order valence-corrected chi connectivity index (χ4v) is 2.37. The van der Waals surface area contributed by atoms with Crippen LogP contribution >= 0.6 is 0 Å². The Morgan fingerprint density at radius 3 is 2.77 bits per heavy atom. The summed E-state index contributed by atoms with van der Waals surface area (Å²) in [4.78, 5) is 16.2. The van der Waals surface area contributed by atoms with Crippen LogP contribution in [0.2, 0.25) is 0 Å². The van der Waals surface area contributed by atoms with Gasteiger partial charge in [0.25, 0.3) is 5.91 Å². The molecule has 22 heavy (non-hydrogen) atoms. The van der Waals surface area contributed by atoms with Crippen LogP contribution in [0.5, 0.6) is 0 Å². The lowest BCUT2D eigenvalue weighted by atomic mass is 10.2. The van der Waals surface area contributed by atoms with E-state index >= 15 is 0 Å². The second kappa shape index (κ2) is 7.04. The number of pyridine rings is 1. The minimum atomic E-state index is -0.323. The quantitative estimate of drug-likeness (QED) is 0.891. The van der Waals surface area contributed by atoms with Crippen molar-refractivity contribution in [2.45, 2.75) is 25.5 Å². The van der Waals surface area contributed by atoms with Crippen LogP contribution in [0.1, 0.15) is 18.4 Å². The van der Waals surface area contributed by atoms with E-state index in [4.69, 9.17) is 4.74 Å². The maximum absolute atomic E-state index is 11.9. The molecule has 2 aromatic rings. The Kier molecular flexibility index (Phi) is 4.65. The van der Waals surface area contributed by atoms with Crippen molar-refractivity contribution in [3.8, 4) is 0 Å². The van der Waals surface area contributed by atoms with Crippen molar-refractivity contribution in [2.75, 3.05) is 17.2 Å². The Labute approximate surface area is 129 Å².